The van der Waals surface area contributed by atoms with Gasteiger partial charge in [0.2, 0.25) is 0 Å². The Balaban J connectivity index is 0.000000146. The van der Waals surface area contributed by atoms with Gasteiger partial charge in [0.05, 0.1) is 0 Å². The molecule has 0 saturated heterocycles. The number of nitrogens with two attached hydrogens (primary N) is 1. The van der Waals surface area contributed by atoms with Gasteiger partial charge in [0, 0.05) is 6.20 Å². The molecule has 78 valence electrons. The van der Waals surface area contributed by atoms with Gasteiger partial charge in [-0.15, -0.1) is 0 Å². The van der Waals surface area contributed by atoms with Crippen LogP contribution in [0.3, 0.4) is 0 Å². The van der Waals surface area contributed by atoms with E-state index in [1.807, 2.05) is 0 Å². The van der Waals surface area contributed by atoms with Crippen molar-refractivity contribution in [2.75, 3.05) is 0 Å². The maximum Gasteiger partial charge on any atom is 0.266 e. The van der Waals surface area contributed by atoms with Crippen molar-refractivity contribution in [3.63, 3.8) is 0 Å². The van der Waals surface area contributed by atoms with Crippen LogP contribution in [0.25, 0.3) is 0 Å². The van der Waals surface area contributed by atoms with Gasteiger partial charge in [-0.05, 0) is 12.0 Å². The van der Waals surface area contributed by atoms with Crippen LogP contribution in [0.15, 0.2) is 12.3 Å². The Morgan fingerprint density at radius 3 is 2.43 bits per heavy atom. The SMILES string of the molecule is CC1CCCC1.NC(=O)c1ccn[nH]1. The standard InChI is InChI=1S/C6H12.C4H5N3O/c1-6-4-2-3-5-6;5-4(8)3-1-2-6-7-3/h6H,2-5H2,1H3;1-2H,(H2,5,8)(H,6,7). The van der Waals surface area contributed by atoms with Crippen molar-refractivity contribution >= 4 is 5.91 Å². The van der Waals surface area contributed by atoms with Crippen molar-refractivity contribution in [3.05, 3.63) is 18.0 Å². The predicted molar refractivity (Wildman–Crippen MR) is 54.7 cm³/mol. The van der Waals surface area contributed by atoms with E-state index in [0.29, 0.717) is 5.69 Å². The molecule has 0 radical (unpaired) electrons. The molecule has 1 aliphatic rings. The topological polar surface area (TPSA) is 71.8 Å². The first-order chi connectivity index (χ1) is 6.70. The van der Waals surface area contributed by atoms with Crippen LogP contribution in [0.1, 0.15) is 43.1 Å². The van der Waals surface area contributed by atoms with Gasteiger partial charge in [-0.3, -0.25) is 9.89 Å². The number of hydrogen-bond acceptors (Lipinski definition) is 2. The summed E-state index contributed by atoms with van der Waals surface area (Å²) in [5.74, 6) is 0.563. The summed E-state index contributed by atoms with van der Waals surface area (Å²) in [5, 5.41) is 5.93. The van der Waals surface area contributed by atoms with Crippen molar-refractivity contribution in [2.24, 2.45) is 11.7 Å². The normalized spacial score (nSPS) is 16.1. The third kappa shape index (κ3) is 3.60. The van der Waals surface area contributed by atoms with Crippen LogP contribution in [0, 0.1) is 5.92 Å². The second kappa shape index (κ2) is 5.42. The molecule has 0 bridgehead atoms. The number of carbonyl (C=O) groups excluding carboxylic acids is 1. The molecule has 14 heavy (non-hydrogen) atoms. The van der Waals surface area contributed by atoms with Crippen LogP contribution in [0.5, 0.6) is 0 Å². The lowest BCUT2D eigenvalue weighted by atomic mass is 10.2. The van der Waals surface area contributed by atoms with E-state index in [1.54, 1.807) is 0 Å². The summed E-state index contributed by atoms with van der Waals surface area (Å²) in [6.07, 6.45) is 7.42. The monoisotopic (exact) mass is 195 g/mol. The molecule has 0 aromatic carbocycles. The van der Waals surface area contributed by atoms with Gasteiger partial charge in [0.15, 0.2) is 0 Å². The average molecular weight is 195 g/mol. The quantitative estimate of drug-likeness (QED) is 0.716. The molecule has 4 nitrogen and oxygen atoms in total. The maximum atomic E-state index is 10.2. The molecule has 1 aromatic heterocycles. The van der Waals surface area contributed by atoms with Gasteiger partial charge >= 0.3 is 0 Å². The third-order valence-electron chi connectivity index (χ3n) is 2.41. The van der Waals surface area contributed by atoms with E-state index in [4.69, 9.17) is 5.73 Å². The molecule has 3 N–H and O–H groups in total. The molecule has 2 rings (SSSR count). The zero-order chi connectivity index (χ0) is 10.4. The van der Waals surface area contributed by atoms with Gasteiger partial charge in [-0.1, -0.05) is 32.6 Å². The highest BCUT2D eigenvalue weighted by atomic mass is 16.1. The second-order valence-corrected chi connectivity index (χ2v) is 3.72. The van der Waals surface area contributed by atoms with Gasteiger partial charge in [-0.2, -0.15) is 5.10 Å². The highest BCUT2D eigenvalue weighted by Crippen LogP contribution is 2.22. The molecule has 1 heterocycles. The molecule has 1 fully saturated rings. The fraction of sp³-hybridized carbons (Fsp3) is 0.600. The van der Waals surface area contributed by atoms with Crippen molar-refractivity contribution in [1.29, 1.82) is 0 Å². The van der Waals surface area contributed by atoms with E-state index < -0.39 is 5.91 Å². The molecular formula is C10H17N3O. The van der Waals surface area contributed by atoms with Crippen molar-refractivity contribution in [1.82, 2.24) is 10.2 Å². The van der Waals surface area contributed by atoms with Crippen LogP contribution >= 0.6 is 0 Å². The van der Waals surface area contributed by atoms with Gasteiger partial charge in [0.1, 0.15) is 5.69 Å². The molecular weight excluding hydrogens is 178 g/mol. The smallest absolute Gasteiger partial charge is 0.266 e. The van der Waals surface area contributed by atoms with Crippen LogP contribution in [0.2, 0.25) is 0 Å². The summed E-state index contributed by atoms with van der Waals surface area (Å²) in [7, 11) is 0. The number of nitrogens with one attached hydrogen (secondary N) is 1. The van der Waals surface area contributed by atoms with Crippen molar-refractivity contribution in [2.45, 2.75) is 32.6 Å². The Morgan fingerprint density at radius 1 is 1.57 bits per heavy atom. The molecule has 0 unspecified atom stereocenters. The number of carbonyl (C=O) groups is 1. The summed E-state index contributed by atoms with van der Waals surface area (Å²) in [5.41, 5.74) is 5.19. The molecule has 1 aliphatic carbocycles. The van der Waals surface area contributed by atoms with E-state index in [-0.39, 0.29) is 0 Å². The Bertz CT molecular complexity index is 263. The van der Waals surface area contributed by atoms with Crippen LogP contribution in [-0.2, 0) is 0 Å². The minimum absolute atomic E-state index is 0.338. The Morgan fingerprint density at radius 2 is 2.21 bits per heavy atom. The molecule has 1 amide bonds. The minimum Gasteiger partial charge on any atom is -0.364 e. The summed E-state index contributed by atoms with van der Waals surface area (Å²) in [4.78, 5) is 10.2. The first-order valence-corrected chi connectivity index (χ1v) is 4.99. The number of rotatable bonds is 1. The number of hydrogen-bond donors (Lipinski definition) is 2. The first kappa shape index (κ1) is 10.8. The maximum absolute atomic E-state index is 10.2. The molecule has 0 spiro atoms. The number of aromatic nitrogens is 2. The van der Waals surface area contributed by atoms with Gasteiger partial charge in [0.25, 0.3) is 5.91 Å². The highest BCUT2D eigenvalue weighted by molar-refractivity contribution is 5.90. The van der Waals surface area contributed by atoms with Crippen LogP contribution < -0.4 is 5.73 Å². The average Bonchev–Trinajstić information content (AvgIpc) is 2.75. The van der Waals surface area contributed by atoms with E-state index in [2.05, 4.69) is 17.1 Å². The summed E-state index contributed by atoms with van der Waals surface area (Å²) in [6.45, 7) is 2.34. The second-order valence-electron chi connectivity index (χ2n) is 3.72. The van der Waals surface area contributed by atoms with E-state index in [9.17, 15) is 4.79 Å². The Kier molecular flexibility index (Phi) is 4.16. The lowest BCUT2D eigenvalue weighted by Crippen LogP contribution is -2.10. The lowest BCUT2D eigenvalue weighted by Gasteiger charge is -1.91. The number of nitrogens with zero attached hydrogens (tertiary/aromatic N) is 1. The van der Waals surface area contributed by atoms with Crippen molar-refractivity contribution < 1.29 is 4.79 Å². The van der Waals surface area contributed by atoms with Gasteiger partial charge in [-0.25, -0.2) is 0 Å². The molecule has 0 aliphatic heterocycles. The molecule has 4 heteroatoms. The van der Waals surface area contributed by atoms with Crippen LogP contribution in [-0.4, -0.2) is 16.1 Å². The lowest BCUT2D eigenvalue weighted by molar-refractivity contribution is 0.0995. The largest absolute Gasteiger partial charge is 0.364 e. The number of primary amides is 1. The molecule has 0 atom stereocenters. The van der Waals surface area contributed by atoms with Crippen LogP contribution in [0.4, 0.5) is 0 Å². The number of amides is 1. The summed E-state index contributed by atoms with van der Waals surface area (Å²) < 4.78 is 0. The first-order valence-electron chi connectivity index (χ1n) is 4.99. The predicted octanol–water partition coefficient (Wildman–Crippen LogP) is 1.71. The molecule has 1 saturated carbocycles. The zero-order valence-electron chi connectivity index (χ0n) is 8.49. The number of H-pyrrole nitrogens is 1. The summed E-state index contributed by atoms with van der Waals surface area (Å²) >= 11 is 0. The van der Waals surface area contributed by atoms with E-state index in [0.717, 1.165) is 5.92 Å². The highest BCUT2D eigenvalue weighted by Gasteiger charge is 2.07. The molecule has 1 aromatic rings. The van der Waals surface area contributed by atoms with E-state index in [1.165, 1.54) is 37.9 Å². The van der Waals surface area contributed by atoms with Crippen molar-refractivity contribution in [3.8, 4) is 0 Å². The Hall–Kier alpha value is -1.32. The summed E-state index contributed by atoms with van der Waals surface area (Å²) in [6, 6.07) is 1.52. The van der Waals surface area contributed by atoms with Gasteiger partial charge < -0.3 is 5.73 Å². The fourth-order valence-corrected chi connectivity index (χ4v) is 1.52. The number of aromatic amines is 1. The minimum atomic E-state index is -0.484. The zero-order valence-corrected chi connectivity index (χ0v) is 8.49. The fourth-order valence-electron chi connectivity index (χ4n) is 1.52. The third-order valence-corrected chi connectivity index (χ3v) is 2.41. The Labute approximate surface area is 83.9 Å². The van der Waals surface area contributed by atoms with E-state index >= 15 is 0 Å².